The molecule has 0 aromatic heterocycles. The molecule has 3 nitrogen and oxygen atoms in total. The van der Waals surface area contributed by atoms with Crippen molar-refractivity contribution in [3.05, 3.63) is 23.8 Å². The van der Waals surface area contributed by atoms with Crippen LogP contribution in [0.3, 0.4) is 0 Å². The Bertz CT molecular complexity index is 385. The summed E-state index contributed by atoms with van der Waals surface area (Å²) in [5, 5.41) is 9.21. The van der Waals surface area contributed by atoms with Gasteiger partial charge in [-0.05, 0) is 12.5 Å². The number of alkyl halides is 3. The lowest BCUT2D eigenvalue weighted by molar-refractivity contribution is -0.136. The summed E-state index contributed by atoms with van der Waals surface area (Å²) in [6, 6.07) is 3.38. The Morgan fingerprint density at radius 3 is 2.50 bits per heavy atom. The van der Waals surface area contributed by atoms with Crippen molar-refractivity contribution in [2.45, 2.75) is 25.1 Å². The summed E-state index contributed by atoms with van der Waals surface area (Å²) in [7, 11) is 1.37. The van der Waals surface area contributed by atoms with Gasteiger partial charge in [-0.3, -0.25) is 0 Å². The van der Waals surface area contributed by atoms with Crippen LogP contribution in [0.25, 0.3) is 0 Å². The predicted molar refractivity (Wildman–Crippen MR) is 64.1 cm³/mol. The molecule has 0 unspecified atom stereocenters. The molecule has 0 amide bonds. The minimum absolute atomic E-state index is 0. The molecule has 0 aliphatic rings. The molecule has 1 atom stereocenters. The average Bonchev–Trinajstić information content (AvgIpc) is 2.24. The second kappa shape index (κ2) is 6.70. The summed E-state index contributed by atoms with van der Waals surface area (Å²) in [6.45, 7) is 0. The summed E-state index contributed by atoms with van der Waals surface area (Å²) in [5.41, 5.74) is 6.12. The molecular weight excluding hydrogens is 271 g/mol. The van der Waals surface area contributed by atoms with Gasteiger partial charge in [0.05, 0.1) is 7.11 Å². The van der Waals surface area contributed by atoms with Crippen molar-refractivity contribution in [2.75, 3.05) is 7.11 Å². The van der Waals surface area contributed by atoms with Crippen LogP contribution in [0, 0.1) is 0 Å². The van der Waals surface area contributed by atoms with E-state index in [1.165, 1.54) is 25.3 Å². The quantitative estimate of drug-likeness (QED) is 0.893. The topological polar surface area (TPSA) is 55.5 Å². The van der Waals surface area contributed by atoms with Crippen LogP contribution < -0.4 is 10.5 Å². The zero-order valence-corrected chi connectivity index (χ0v) is 10.5. The summed E-state index contributed by atoms with van der Waals surface area (Å²) in [6.07, 6.45) is -5.38. The number of hydrogen-bond donors (Lipinski definition) is 2. The number of phenols is 1. The summed E-state index contributed by atoms with van der Waals surface area (Å²) in [5.74, 6) is 0.272. The molecule has 1 aromatic carbocycles. The SMILES string of the molecule is COc1cc(O)ccc1[C@@H](N)CCC(F)(F)F.Cl. The molecule has 0 fully saturated rings. The molecule has 18 heavy (non-hydrogen) atoms. The zero-order chi connectivity index (χ0) is 13.1. The van der Waals surface area contributed by atoms with E-state index in [1.807, 2.05) is 0 Å². The number of halogens is 4. The van der Waals surface area contributed by atoms with Gasteiger partial charge in [0.2, 0.25) is 0 Å². The van der Waals surface area contributed by atoms with E-state index in [9.17, 15) is 18.3 Å². The zero-order valence-electron chi connectivity index (χ0n) is 9.70. The van der Waals surface area contributed by atoms with E-state index in [2.05, 4.69) is 0 Å². The van der Waals surface area contributed by atoms with Gasteiger partial charge in [-0.25, -0.2) is 0 Å². The number of hydrogen-bond acceptors (Lipinski definition) is 3. The number of ether oxygens (including phenoxy) is 1. The molecule has 0 radical (unpaired) electrons. The van der Waals surface area contributed by atoms with Crippen LogP contribution in [0.5, 0.6) is 11.5 Å². The number of aromatic hydroxyl groups is 1. The minimum Gasteiger partial charge on any atom is -0.508 e. The fourth-order valence-electron chi connectivity index (χ4n) is 1.48. The molecule has 0 heterocycles. The van der Waals surface area contributed by atoms with Gasteiger partial charge in [0.25, 0.3) is 0 Å². The lowest BCUT2D eigenvalue weighted by Gasteiger charge is -2.16. The standard InChI is InChI=1S/C11H14F3NO2.ClH/c1-17-10-6-7(16)2-3-8(10)9(15)4-5-11(12,13)14;/h2-3,6,9,16H,4-5,15H2,1H3;1H/t9-;/m0./s1. The van der Waals surface area contributed by atoms with Gasteiger partial charge < -0.3 is 15.6 Å². The van der Waals surface area contributed by atoms with Gasteiger partial charge in [0.15, 0.2) is 0 Å². The van der Waals surface area contributed by atoms with Crippen LogP contribution in [0.2, 0.25) is 0 Å². The molecule has 0 saturated heterocycles. The fraction of sp³-hybridized carbons (Fsp3) is 0.455. The molecule has 0 saturated carbocycles. The van der Waals surface area contributed by atoms with Crippen molar-refractivity contribution >= 4 is 12.4 Å². The Labute approximate surface area is 109 Å². The van der Waals surface area contributed by atoms with Crippen LogP contribution in [-0.4, -0.2) is 18.4 Å². The van der Waals surface area contributed by atoms with E-state index in [0.29, 0.717) is 11.3 Å². The van der Waals surface area contributed by atoms with E-state index in [-0.39, 0.29) is 24.6 Å². The maximum absolute atomic E-state index is 12.1. The van der Waals surface area contributed by atoms with E-state index in [1.54, 1.807) is 0 Å². The van der Waals surface area contributed by atoms with Gasteiger partial charge >= 0.3 is 6.18 Å². The molecule has 0 bridgehead atoms. The minimum atomic E-state index is -4.22. The van der Waals surface area contributed by atoms with E-state index in [0.717, 1.165) is 0 Å². The van der Waals surface area contributed by atoms with Gasteiger partial charge in [-0.2, -0.15) is 13.2 Å². The van der Waals surface area contributed by atoms with Crippen molar-refractivity contribution in [1.29, 1.82) is 0 Å². The molecule has 1 rings (SSSR count). The highest BCUT2D eigenvalue weighted by Crippen LogP contribution is 2.32. The number of phenolic OH excluding ortho intramolecular Hbond substituents is 1. The van der Waals surface area contributed by atoms with E-state index in [4.69, 9.17) is 10.5 Å². The first-order valence-corrected chi connectivity index (χ1v) is 5.02. The van der Waals surface area contributed by atoms with Crippen molar-refractivity contribution in [2.24, 2.45) is 5.73 Å². The second-order valence-corrected chi connectivity index (χ2v) is 3.69. The maximum atomic E-state index is 12.1. The van der Waals surface area contributed by atoms with E-state index < -0.39 is 18.6 Å². The Morgan fingerprint density at radius 2 is 2.00 bits per heavy atom. The Balaban J connectivity index is 0.00000289. The Morgan fingerprint density at radius 1 is 1.39 bits per heavy atom. The first-order valence-electron chi connectivity index (χ1n) is 5.02. The largest absolute Gasteiger partial charge is 0.508 e. The molecule has 0 aliphatic heterocycles. The third kappa shape index (κ3) is 5.01. The number of rotatable bonds is 4. The van der Waals surface area contributed by atoms with E-state index >= 15 is 0 Å². The average molecular weight is 286 g/mol. The van der Waals surface area contributed by atoms with Crippen LogP contribution in [0.4, 0.5) is 13.2 Å². The van der Waals surface area contributed by atoms with Crippen molar-refractivity contribution in [3.63, 3.8) is 0 Å². The van der Waals surface area contributed by atoms with Crippen LogP contribution in [-0.2, 0) is 0 Å². The van der Waals surface area contributed by atoms with Crippen molar-refractivity contribution < 1.29 is 23.0 Å². The van der Waals surface area contributed by atoms with Crippen LogP contribution >= 0.6 is 12.4 Å². The van der Waals surface area contributed by atoms with Gasteiger partial charge in [0.1, 0.15) is 11.5 Å². The number of nitrogens with two attached hydrogens (primary N) is 1. The summed E-state index contributed by atoms with van der Waals surface area (Å²) < 4.78 is 41.1. The highest BCUT2D eigenvalue weighted by atomic mass is 35.5. The molecule has 0 aliphatic carbocycles. The monoisotopic (exact) mass is 285 g/mol. The fourth-order valence-corrected chi connectivity index (χ4v) is 1.48. The highest BCUT2D eigenvalue weighted by molar-refractivity contribution is 5.85. The second-order valence-electron chi connectivity index (χ2n) is 3.69. The van der Waals surface area contributed by atoms with Gasteiger partial charge in [-0.15, -0.1) is 12.4 Å². The first-order chi connectivity index (χ1) is 7.83. The molecule has 1 aromatic rings. The van der Waals surface area contributed by atoms with Crippen LogP contribution in [0.15, 0.2) is 18.2 Å². The third-order valence-electron chi connectivity index (χ3n) is 2.36. The van der Waals surface area contributed by atoms with Crippen LogP contribution in [0.1, 0.15) is 24.4 Å². The maximum Gasteiger partial charge on any atom is 0.389 e. The first kappa shape index (κ1) is 16.9. The van der Waals surface area contributed by atoms with Crippen molar-refractivity contribution in [3.8, 4) is 11.5 Å². The lowest BCUT2D eigenvalue weighted by Crippen LogP contribution is -2.16. The highest BCUT2D eigenvalue weighted by Gasteiger charge is 2.28. The third-order valence-corrected chi connectivity index (χ3v) is 2.36. The molecule has 7 heteroatoms. The molecule has 0 spiro atoms. The molecule has 3 N–H and O–H groups in total. The normalized spacial score (nSPS) is 12.7. The Kier molecular flexibility index (Phi) is 6.28. The lowest BCUT2D eigenvalue weighted by atomic mass is 10.0. The molecule has 104 valence electrons. The van der Waals surface area contributed by atoms with Gasteiger partial charge in [0, 0.05) is 24.1 Å². The molecular formula is C11H15ClF3NO2. The predicted octanol–water partition coefficient (Wildman–Crippen LogP) is 3.16. The summed E-state index contributed by atoms with van der Waals surface area (Å²) >= 11 is 0. The number of methoxy groups -OCH3 is 1. The van der Waals surface area contributed by atoms with Gasteiger partial charge in [-0.1, -0.05) is 6.07 Å². The number of benzene rings is 1. The smallest absolute Gasteiger partial charge is 0.389 e. The summed E-state index contributed by atoms with van der Waals surface area (Å²) in [4.78, 5) is 0. The van der Waals surface area contributed by atoms with Crippen molar-refractivity contribution in [1.82, 2.24) is 0 Å². The Hall–Kier alpha value is -1.14.